The second-order valence-electron chi connectivity index (χ2n) is 14.0. The second kappa shape index (κ2) is 11.6. The Balaban J connectivity index is 0.000000161. The minimum Gasteiger partial charge on any atom is -0.508 e. The molecular formula is C34H50N2O4. The predicted octanol–water partition coefficient (Wildman–Crippen LogP) is 5.16. The molecular weight excluding hydrogens is 500 g/mol. The Morgan fingerprint density at radius 1 is 0.650 bits per heavy atom. The number of rotatable bonds is 6. The summed E-state index contributed by atoms with van der Waals surface area (Å²) in [5.74, 6) is 3.54. The van der Waals surface area contributed by atoms with Gasteiger partial charge in [0.1, 0.15) is 11.5 Å². The molecule has 0 saturated heterocycles. The molecule has 220 valence electrons. The summed E-state index contributed by atoms with van der Waals surface area (Å²) in [6, 6.07) is 14.4. The summed E-state index contributed by atoms with van der Waals surface area (Å²) in [5.41, 5.74) is 0.210. The maximum Gasteiger partial charge on any atom is 0.115 e. The van der Waals surface area contributed by atoms with Gasteiger partial charge in [-0.2, -0.15) is 0 Å². The Bertz CT molecular complexity index is 1060. The summed E-state index contributed by atoms with van der Waals surface area (Å²) < 4.78 is 0. The van der Waals surface area contributed by atoms with Gasteiger partial charge in [-0.3, -0.25) is 0 Å². The topological polar surface area (TPSA) is 87.4 Å². The molecule has 0 aromatic heterocycles. The summed E-state index contributed by atoms with van der Waals surface area (Å²) in [6.45, 7) is 1.81. The lowest BCUT2D eigenvalue weighted by Gasteiger charge is -2.45. The van der Waals surface area contributed by atoms with Crippen molar-refractivity contribution in [3.8, 4) is 11.5 Å². The van der Waals surface area contributed by atoms with Crippen LogP contribution >= 0.6 is 0 Å². The van der Waals surface area contributed by atoms with E-state index in [1.54, 1.807) is 24.3 Å². The fourth-order valence-electron chi connectivity index (χ4n) is 8.89. The summed E-state index contributed by atoms with van der Waals surface area (Å²) in [5, 5.41) is 42.3. The van der Waals surface area contributed by atoms with E-state index in [0.717, 1.165) is 37.1 Å². The number of aliphatic hydroxyl groups is 2. The molecule has 6 nitrogen and oxygen atoms in total. The SMILES string of the molecule is CN(C)C[C@@H]1[C@@H]2CC[C@@H](C2)C[C@@]1(O)c1cccc(O)c1.CN(C)C[C@H]1[C@H]2CC[C@H](C2)C[C@]1(O)c1cccc(O)c1. The molecule has 8 atom stereocenters. The number of benzene rings is 2. The Hall–Kier alpha value is -2.12. The van der Waals surface area contributed by atoms with Gasteiger partial charge in [0.2, 0.25) is 0 Å². The van der Waals surface area contributed by atoms with Crippen LogP contribution in [0.3, 0.4) is 0 Å². The molecule has 0 amide bonds. The molecule has 0 spiro atoms. The van der Waals surface area contributed by atoms with Crippen molar-refractivity contribution >= 4 is 0 Å². The first kappa shape index (κ1) is 29.4. The van der Waals surface area contributed by atoms with Crippen molar-refractivity contribution in [3.63, 3.8) is 0 Å². The lowest BCUT2D eigenvalue weighted by atomic mass is 9.66. The lowest BCUT2D eigenvalue weighted by Crippen LogP contribution is -2.47. The third-order valence-corrected chi connectivity index (χ3v) is 10.5. The van der Waals surface area contributed by atoms with Crippen LogP contribution in [0.1, 0.15) is 62.5 Å². The van der Waals surface area contributed by atoms with E-state index < -0.39 is 11.2 Å². The number of phenols is 2. The van der Waals surface area contributed by atoms with Crippen LogP contribution in [0.5, 0.6) is 11.5 Å². The Labute approximate surface area is 240 Å². The molecule has 0 unspecified atom stereocenters. The molecule has 0 radical (unpaired) electrons. The molecule has 0 aliphatic heterocycles. The van der Waals surface area contributed by atoms with E-state index in [0.29, 0.717) is 23.7 Å². The lowest BCUT2D eigenvalue weighted by molar-refractivity contribution is -0.0894. The molecule has 4 bridgehead atoms. The third kappa shape index (κ3) is 5.92. The van der Waals surface area contributed by atoms with Crippen molar-refractivity contribution in [2.45, 2.75) is 62.6 Å². The van der Waals surface area contributed by atoms with Crippen molar-refractivity contribution in [1.82, 2.24) is 9.80 Å². The highest BCUT2D eigenvalue weighted by Gasteiger charge is 2.52. The Morgan fingerprint density at radius 2 is 1.05 bits per heavy atom. The van der Waals surface area contributed by atoms with Gasteiger partial charge in [0.15, 0.2) is 0 Å². The summed E-state index contributed by atoms with van der Waals surface area (Å²) in [7, 11) is 8.29. The largest absolute Gasteiger partial charge is 0.508 e. The van der Waals surface area contributed by atoms with Gasteiger partial charge in [-0.1, -0.05) is 37.1 Å². The van der Waals surface area contributed by atoms with Gasteiger partial charge in [-0.15, -0.1) is 0 Å². The first-order valence-corrected chi connectivity index (χ1v) is 15.3. The van der Waals surface area contributed by atoms with Crippen LogP contribution in [0.25, 0.3) is 0 Å². The standard InChI is InChI=1S/2C17H25NO2/c2*1-18(2)11-16-13-7-6-12(8-13)10-17(16,20)14-4-3-5-15(19)9-14/h2*3-5,9,12-13,16,19-20H,6-8,10-11H2,1-2H3/t2*12-,13+,16+,17+/m10/s1. The summed E-state index contributed by atoms with van der Waals surface area (Å²) >= 11 is 0. The number of aromatic hydroxyl groups is 2. The van der Waals surface area contributed by atoms with Crippen molar-refractivity contribution in [3.05, 3.63) is 59.7 Å². The summed E-state index contributed by atoms with van der Waals surface area (Å²) in [4.78, 5) is 4.36. The van der Waals surface area contributed by atoms with Crippen LogP contribution in [-0.2, 0) is 11.2 Å². The van der Waals surface area contributed by atoms with Gasteiger partial charge >= 0.3 is 0 Å². The minimum atomic E-state index is -0.785. The molecule has 2 aromatic carbocycles. The molecule has 4 aliphatic carbocycles. The maximum atomic E-state index is 11.4. The van der Waals surface area contributed by atoms with E-state index in [2.05, 4.69) is 38.0 Å². The van der Waals surface area contributed by atoms with Gasteiger partial charge in [0.25, 0.3) is 0 Å². The van der Waals surface area contributed by atoms with Crippen molar-refractivity contribution < 1.29 is 20.4 Å². The number of fused-ring (bicyclic) bond motifs is 4. The molecule has 4 fully saturated rings. The Kier molecular flexibility index (Phi) is 8.54. The molecule has 4 saturated carbocycles. The zero-order chi connectivity index (χ0) is 28.7. The Morgan fingerprint density at radius 3 is 1.40 bits per heavy atom. The summed E-state index contributed by atoms with van der Waals surface area (Å²) in [6.07, 6.45) is 9.18. The third-order valence-electron chi connectivity index (χ3n) is 10.5. The second-order valence-corrected chi connectivity index (χ2v) is 14.0. The van der Waals surface area contributed by atoms with Crippen molar-refractivity contribution in [1.29, 1.82) is 0 Å². The van der Waals surface area contributed by atoms with Crippen molar-refractivity contribution in [2.24, 2.45) is 35.5 Å². The molecule has 0 heterocycles. The monoisotopic (exact) mass is 550 g/mol. The molecule has 4 N–H and O–H groups in total. The number of hydrogen-bond donors (Lipinski definition) is 4. The normalized spacial score (nSPS) is 36.5. The van der Waals surface area contributed by atoms with Crippen LogP contribution in [0.15, 0.2) is 48.5 Å². The fraction of sp³-hybridized carbons (Fsp3) is 0.647. The molecule has 4 aliphatic rings. The average molecular weight is 551 g/mol. The van der Waals surface area contributed by atoms with E-state index in [9.17, 15) is 20.4 Å². The predicted molar refractivity (Wildman–Crippen MR) is 159 cm³/mol. The maximum absolute atomic E-state index is 11.4. The molecule has 40 heavy (non-hydrogen) atoms. The van der Waals surface area contributed by atoms with Gasteiger partial charge < -0.3 is 30.2 Å². The first-order valence-electron chi connectivity index (χ1n) is 15.3. The van der Waals surface area contributed by atoms with Gasteiger partial charge in [0.05, 0.1) is 11.2 Å². The fourth-order valence-corrected chi connectivity index (χ4v) is 8.89. The van der Waals surface area contributed by atoms with Gasteiger partial charge in [0, 0.05) is 24.9 Å². The highest BCUT2D eigenvalue weighted by molar-refractivity contribution is 5.34. The van der Waals surface area contributed by atoms with Gasteiger partial charge in [-0.25, -0.2) is 0 Å². The molecule has 6 heteroatoms. The average Bonchev–Trinajstić information content (AvgIpc) is 3.49. The van der Waals surface area contributed by atoms with Crippen LogP contribution in [0.4, 0.5) is 0 Å². The van der Waals surface area contributed by atoms with E-state index in [-0.39, 0.29) is 23.3 Å². The highest BCUT2D eigenvalue weighted by atomic mass is 16.3. The quantitative estimate of drug-likeness (QED) is 0.398. The van der Waals surface area contributed by atoms with E-state index in [1.807, 2.05) is 24.3 Å². The molecule has 2 aromatic rings. The van der Waals surface area contributed by atoms with Crippen LogP contribution in [0.2, 0.25) is 0 Å². The zero-order valence-corrected chi connectivity index (χ0v) is 24.8. The number of hydrogen-bond acceptors (Lipinski definition) is 6. The molecule has 6 rings (SSSR count). The number of phenolic OH excluding ortho intramolecular Hbond substituents is 2. The number of nitrogens with zero attached hydrogens (tertiary/aromatic N) is 2. The van der Waals surface area contributed by atoms with E-state index in [4.69, 9.17) is 0 Å². The van der Waals surface area contributed by atoms with Gasteiger partial charge in [-0.05, 0) is 126 Å². The van der Waals surface area contributed by atoms with Crippen molar-refractivity contribution in [2.75, 3.05) is 41.3 Å². The van der Waals surface area contributed by atoms with E-state index in [1.165, 1.54) is 38.5 Å². The minimum absolute atomic E-state index is 0.248. The van der Waals surface area contributed by atoms with Crippen LogP contribution < -0.4 is 0 Å². The highest BCUT2D eigenvalue weighted by Crippen LogP contribution is 2.55. The van der Waals surface area contributed by atoms with Crippen LogP contribution in [-0.4, -0.2) is 71.5 Å². The van der Waals surface area contributed by atoms with E-state index >= 15 is 0 Å². The van der Waals surface area contributed by atoms with Crippen LogP contribution in [0, 0.1) is 35.5 Å². The zero-order valence-electron chi connectivity index (χ0n) is 24.8. The smallest absolute Gasteiger partial charge is 0.115 e. The first-order chi connectivity index (χ1) is 19.0.